The van der Waals surface area contributed by atoms with E-state index in [0.29, 0.717) is 11.5 Å². The zero-order valence-corrected chi connectivity index (χ0v) is 22.3. The van der Waals surface area contributed by atoms with Gasteiger partial charge < -0.3 is 34.6 Å². The molecule has 2 saturated carbocycles. The zero-order valence-electron chi connectivity index (χ0n) is 22.3. The Kier molecular flexibility index (Phi) is 6.07. The first-order chi connectivity index (χ1) is 17.4. The number of ether oxygens (including phenoxy) is 3. The molecule has 1 unspecified atom stereocenters. The molecular formula is C29H38O8. The van der Waals surface area contributed by atoms with E-state index in [1.807, 2.05) is 13.0 Å². The molecule has 8 heteroatoms. The molecule has 1 aromatic carbocycles. The van der Waals surface area contributed by atoms with Crippen molar-refractivity contribution in [2.24, 2.45) is 34.5 Å². The molecule has 4 aliphatic carbocycles. The minimum atomic E-state index is -2.11. The van der Waals surface area contributed by atoms with Crippen molar-refractivity contribution in [2.45, 2.75) is 58.0 Å². The zero-order chi connectivity index (χ0) is 27.1. The maximum absolute atomic E-state index is 13.6. The number of hydrogen-bond acceptors (Lipinski definition) is 8. The third-order valence-electron chi connectivity index (χ3n) is 10.0. The number of fused-ring (bicyclic) bond motifs is 3. The molecule has 0 heterocycles. The third-order valence-corrected chi connectivity index (χ3v) is 10.0. The molecule has 0 aromatic heterocycles. The van der Waals surface area contributed by atoms with Gasteiger partial charge in [0.1, 0.15) is 28.8 Å². The van der Waals surface area contributed by atoms with Crippen LogP contribution in [0.4, 0.5) is 0 Å². The standard InChI is InChI=1S/C29H38O8/c1-14-12-28-15(2)10-18-22(27(18,3)4)17(24(28)32)11-16(13-30)23(31)29(28,34)25(14)37-26(33)21-19(35-5)8-7-9-20(21)36-6/h7-9,11-12,15,17-18,22-25,30-32,34H,10,13H2,1-6H3/t15-,17+,18-,22+,23-,24?,25+,28+,29+/m1/s1. The molecule has 9 atom stereocenters. The summed E-state index contributed by atoms with van der Waals surface area (Å²) in [4.78, 5) is 13.6. The normalized spacial score (nSPS) is 41.3. The second kappa shape index (κ2) is 8.56. The number of methoxy groups -OCH3 is 2. The van der Waals surface area contributed by atoms with E-state index >= 15 is 0 Å². The van der Waals surface area contributed by atoms with E-state index in [2.05, 4.69) is 13.8 Å². The fourth-order valence-corrected chi connectivity index (χ4v) is 8.12. The SMILES string of the molecule is COc1cccc(OC)c1C(=O)O[C@H]1C(C)=C[C@]23C(O)[C@@H](C=C(CO)[C@@H](O)[C@]12O)[C@H]1[C@@H](C[C@H]3C)C1(C)C. The molecule has 8 nitrogen and oxygen atoms in total. The van der Waals surface area contributed by atoms with Crippen molar-refractivity contribution in [3.8, 4) is 11.5 Å². The highest BCUT2D eigenvalue weighted by Gasteiger charge is 2.76. The predicted octanol–water partition coefficient (Wildman–Crippen LogP) is 2.49. The number of aliphatic hydroxyl groups is 4. The van der Waals surface area contributed by atoms with Crippen LogP contribution >= 0.6 is 0 Å². The maximum atomic E-state index is 13.6. The van der Waals surface area contributed by atoms with Gasteiger partial charge in [-0.1, -0.05) is 39.0 Å². The lowest BCUT2D eigenvalue weighted by Crippen LogP contribution is -2.66. The molecule has 1 spiro atoms. The summed E-state index contributed by atoms with van der Waals surface area (Å²) in [6, 6.07) is 4.90. The number of carbonyl (C=O) groups is 1. The van der Waals surface area contributed by atoms with Gasteiger partial charge in [0.2, 0.25) is 0 Å². The van der Waals surface area contributed by atoms with Gasteiger partial charge in [0, 0.05) is 5.92 Å². The Hall–Kier alpha value is -2.39. The van der Waals surface area contributed by atoms with Crippen molar-refractivity contribution >= 4 is 5.97 Å². The van der Waals surface area contributed by atoms with Crippen LogP contribution in [-0.4, -0.2) is 71.1 Å². The summed E-state index contributed by atoms with van der Waals surface area (Å²) in [6.07, 6.45) is 0.405. The first-order valence-corrected chi connectivity index (χ1v) is 12.9. The minimum Gasteiger partial charge on any atom is -0.496 e. The van der Waals surface area contributed by atoms with Crippen LogP contribution in [-0.2, 0) is 4.74 Å². The van der Waals surface area contributed by atoms with Crippen LogP contribution in [0.25, 0.3) is 0 Å². The van der Waals surface area contributed by atoms with Gasteiger partial charge in [-0.25, -0.2) is 4.79 Å². The Labute approximate surface area is 217 Å². The Balaban J connectivity index is 1.63. The molecule has 4 N–H and O–H groups in total. The van der Waals surface area contributed by atoms with E-state index in [1.165, 1.54) is 14.2 Å². The Morgan fingerprint density at radius 2 is 1.76 bits per heavy atom. The lowest BCUT2D eigenvalue weighted by Gasteiger charge is -2.52. The van der Waals surface area contributed by atoms with Crippen molar-refractivity contribution in [3.63, 3.8) is 0 Å². The van der Waals surface area contributed by atoms with Gasteiger partial charge in [-0.3, -0.25) is 0 Å². The molecule has 0 saturated heterocycles. The van der Waals surface area contributed by atoms with Crippen molar-refractivity contribution < 1.29 is 39.4 Å². The summed E-state index contributed by atoms with van der Waals surface area (Å²) in [5, 5.41) is 46.6. The van der Waals surface area contributed by atoms with Crippen LogP contribution in [0.5, 0.6) is 11.5 Å². The quantitative estimate of drug-likeness (QED) is 0.349. The average molecular weight is 515 g/mol. The highest BCUT2D eigenvalue weighted by Crippen LogP contribution is 2.72. The lowest BCUT2D eigenvalue weighted by atomic mass is 9.58. The monoisotopic (exact) mass is 514 g/mol. The van der Waals surface area contributed by atoms with Crippen LogP contribution < -0.4 is 9.47 Å². The molecule has 0 aliphatic heterocycles. The number of aliphatic hydroxyl groups excluding tert-OH is 3. The molecule has 1 aromatic rings. The first kappa shape index (κ1) is 26.2. The van der Waals surface area contributed by atoms with Gasteiger partial charge in [-0.05, 0) is 59.8 Å². The first-order valence-electron chi connectivity index (χ1n) is 12.9. The second-order valence-electron chi connectivity index (χ2n) is 11.9. The van der Waals surface area contributed by atoms with Crippen LogP contribution in [0, 0.1) is 34.5 Å². The summed E-state index contributed by atoms with van der Waals surface area (Å²) in [7, 11) is 2.86. The molecule has 5 rings (SSSR count). The maximum Gasteiger partial charge on any atom is 0.346 e. The molecular weight excluding hydrogens is 476 g/mol. The average Bonchev–Trinajstić information content (AvgIpc) is 3.36. The fourth-order valence-electron chi connectivity index (χ4n) is 8.12. The van der Waals surface area contributed by atoms with Crippen LogP contribution in [0.3, 0.4) is 0 Å². The van der Waals surface area contributed by atoms with E-state index in [4.69, 9.17) is 14.2 Å². The van der Waals surface area contributed by atoms with Crippen molar-refractivity contribution in [3.05, 3.63) is 47.1 Å². The Morgan fingerprint density at radius 1 is 1.14 bits per heavy atom. The summed E-state index contributed by atoms with van der Waals surface area (Å²) in [5.74, 6) is -0.448. The van der Waals surface area contributed by atoms with E-state index in [-0.39, 0.29) is 45.8 Å². The molecule has 202 valence electrons. The molecule has 2 fully saturated rings. The Bertz CT molecular complexity index is 1150. The van der Waals surface area contributed by atoms with Gasteiger partial charge >= 0.3 is 5.97 Å². The van der Waals surface area contributed by atoms with Crippen molar-refractivity contribution in [1.82, 2.24) is 0 Å². The second-order valence-corrected chi connectivity index (χ2v) is 11.9. The summed E-state index contributed by atoms with van der Waals surface area (Å²) >= 11 is 0. The van der Waals surface area contributed by atoms with Crippen molar-refractivity contribution in [1.29, 1.82) is 0 Å². The highest BCUT2D eigenvalue weighted by molar-refractivity contribution is 5.96. The van der Waals surface area contributed by atoms with E-state index in [9.17, 15) is 25.2 Å². The molecule has 2 bridgehead atoms. The number of benzene rings is 1. The molecule has 4 aliphatic rings. The molecule has 0 radical (unpaired) electrons. The third kappa shape index (κ3) is 3.25. The van der Waals surface area contributed by atoms with E-state index in [0.717, 1.165) is 6.42 Å². The number of rotatable bonds is 5. The van der Waals surface area contributed by atoms with Crippen LogP contribution in [0.2, 0.25) is 0 Å². The highest BCUT2D eigenvalue weighted by atomic mass is 16.6. The summed E-state index contributed by atoms with van der Waals surface area (Å²) in [6.45, 7) is 7.59. The van der Waals surface area contributed by atoms with Gasteiger partial charge in [-0.2, -0.15) is 0 Å². The lowest BCUT2D eigenvalue weighted by molar-refractivity contribution is -0.215. The summed E-state index contributed by atoms with van der Waals surface area (Å²) < 4.78 is 16.7. The van der Waals surface area contributed by atoms with Crippen LogP contribution in [0.1, 0.15) is 44.5 Å². The predicted molar refractivity (Wildman–Crippen MR) is 135 cm³/mol. The van der Waals surface area contributed by atoms with Crippen molar-refractivity contribution in [2.75, 3.05) is 20.8 Å². The van der Waals surface area contributed by atoms with E-state index in [1.54, 1.807) is 31.2 Å². The molecule has 37 heavy (non-hydrogen) atoms. The van der Waals surface area contributed by atoms with E-state index < -0.39 is 41.9 Å². The van der Waals surface area contributed by atoms with Gasteiger partial charge in [-0.15, -0.1) is 0 Å². The summed E-state index contributed by atoms with van der Waals surface area (Å²) in [5.41, 5.74) is -2.60. The number of esters is 1. The number of carbonyl (C=O) groups excluding carboxylic acids is 1. The van der Waals surface area contributed by atoms with Gasteiger partial charge in [0.05, 0.1) is 32.3 Å². The smallest absolute Gasteiger partial charge is 0.346 e. The Morgan fingerprint density at radius 3 is 2.32 bits per heavy atom. The topological polar surface area (TPSA) is 126 Å². The largest absolute Gasteiger partial charge is 0.496 e. The fraction of sp³-hybridized carbons (Fsp3) is 0.621. The number of hydrogen-bond donors (Lipinski definition) is 4. The molecule has 0 amide bonds. The van der Waals surface area contributed by atoms with Gasteiger partial charge in [0.15, 0.2) is 6.10 Å². The minimum absolute atomic E-state index is 0.00433. The van der Waals surface area contributed by atoms with Gasteiger partial charge in [0.25, 0.3) is 0 Å². The van der Waals surface area contributed by atoms with Crippen LogP contribution in [0.15, 0.2) is 41.5 Å².